The van der Waals surface area contributed by atoms with Crippen LogP contribution >= 0.6 is 11.3 Å². The summed E-state index contributed by atoms with van der Waals surface area (Å²) in [6.45, 7) is 2.96. The van der Waals surface area contributed by atoms with Gasteiger partial charge in [0, 0.05) is 19.9 Å². The van der Waals surface area contributed by atoms with E-state index >= 15 is 0 Å². The second kappa shape index (κ2) is 10.2. The van der Waals surface area contributed by atoms with E-state index in [0.29, 0.717) is 29.1 Å². The molecule has 0 aliphatic rings. The zero-order chi connectivity index (χ0) is 23.3. The molecule has 170 valence electrons. The van der Waals surface area contributed by atoms with Crippen LogP contribution in [-0.4, -0.2) is 51.4 Å². The minimum absolute atomic E-state index is 0.0383. The highest BCUT2D eigenvalue weighted by atomic mass is 32.2. The molecule has 2 aromatic carbocycles. The summed E-state index contributed by atoms with van der Waals surface area (Å²) in [4.78, 5) is 29.7. The summed E-state index contributed by atoms with van der Waals surface area (Å²) in [5.74, 6) is -0.765. The van der Waals surface area contributed by atoms with Crippen molar-refractivity contribution in [2.24, 2.45) is 4.99 Å². The topological polar surface area (TPSA) is 104 Å². The number of carbonyl (C=O) groups is 2. The van der Waals surface area contributed by atoms with Gasteiger partial charge in [-0.15, -0.1) is 0 Å². The number of ether oxygens (including phenoxy) is 2. The van der Waals surface area contributed by atoms with Gasteiger partial charge in [-0.25, -0.2) is 13.2 Å². The number of carbonyl (C=O) groups excluding carboxylic acids is 2. The van der Waals surface area contributed by atoms with Crippen LogP contribution in [0.15, 0.2) is 52.4 Å². The fourth-order valence-electron chi connectivity index (χ4n) is 3.07. The summed E-state index contributed by atoms with van der Waals surface area (Å²) in [6, 6.07) is 11.4. The number of hydrogen-bond acceptors (Lipinski definition) is 7. The molecule has 0 N–H and O–H groups in total. The summed E-state index contributed by atoms with van der Waals surface area (Å²) < 4.78 is 36.1. The van der Waals surface area contributed by atoms with Gasteiger partial charge in [0.1, 0.15) is 0 Å². The van der Waals surface area contributed by atoms with E-state index in [4.69, 9.17) is 9.47 Å². The van der Waals surface area contributed by atoms with Gasteiger partial charge in [-0.3, -0.25) is 4.79 Å². The molecule has 8 nitrogen and oxygen atoms in total. The second-order valence-corrected chi connectivity index (χ2v) is 10.1. The third-order valence-electron chi connectivity index (χ3n) is 4.64. The van der Waals surface area contributed by atoms with Crippen molar-refractivity contribution in [3.8, 4) is 0 Å². The quantitative estimate of drug-likeness (QED) is 0.463. The number of sulfone groups is 1. The molecule has 0 atom stereocenters. The monoisotopic (exact) mass is 476 g/mol. The van der Waals surface area contributed by atoms with E-state index in [1.165, 1.54) is 23.5 Å². The fourth-order valence-corrected chi connectivity index (χ4v) is 4.82. The van der Waals surface area contributed by atoms with E-state index in [2.05, 4.69) is 4.99 Å². The molecule has 0 saturated heterocycles. The lowest BCUT2D eigenvalue weighted by atomic mass is 10.1. The average molecular weight is 477 g/mol. The number of hydrogen-bond donors (Lipinski definition) is 0. The van der Waals surface area contributed by atoms with Crippen LogP contribution in [-0.2, 0) is 37.1 Å². The van der Waals surface area contributed by atoms with Crippen LogP contribution in [0.25, 0.3) is 10.2 Å². The summed E-state index contributed by atoms with van der Waals surface area (Å²) in [5, 5.41) is 0. The minimum Gasteiger partial charge on any atom is -0.462 e. The summed E-state index contributed by atoms with van der Waals surface area (Å²) >= 11 is 1.30. The fraction of sp³-hybridized carbons (Fsp3) is 0.318. The van der Waals surface area contributed by atoms with E-state index in [1.54, 1.807) is 44.4 Å². The molecule has 3 rings (SSSR count). The highest BCUT2D eigenvalue weighted by Crippen LogP contribution is 2.20. The van der Waals surface area contributed by atoms with Gasteiger partial charge in [0.2, 0.25) is 0 Å². The van der Waals surface area contributed by atoms with E-state index in [9.17, 15) is 18.0 Å². The maximum atomic E-state index is 12.6. The van der Waals surface area contributed by atoms with Gasteiger partial charge >= 0.3 is 5.97 Å². The lowest BCUT2D eigenvalue weighted by Gasteiger charge is -2.05. The maximum Gasteiger partial charge on any atom is 0.338 e. The molecule has 0 saturated carbocycles. The first-order valence-corrected chi connectivity index (χ1v) is 12.6. The molecule has 0 aliphatic heterocycles. The Morgan fingerprint density at radius 1 is 1.12 bits per heavy atom. The Labute approximate surface area is 190 Å². The highest BCUT2D eigenvalue weighted by molar-refractivity contribution is 7.90. The summed E-state index contributed by atoms with van der Waals surface area (Å²) in [7, 11) is -1.70. The van der Waals surface area contributed by atoms with Crippen molar-refractivity contribution in [2.45, 2.75) is 24.8 Å². The van der Waals surface area contributed by atoms with Crippen LogP contribution in [0.1, 0.15) is 22.8 Å². The first-order valence-electron chi connectivity index (χ1n) is 9.89. The predicted octanol–water partition coefficient (Wildman–Crippen LogP) is 2.60. The molecule has 32 heavy (non-hydrogen) atoms. The third-order valence-corrected chi connectivity index (χ3v) is 6.81. The first kappa shape index (κ1) is 23.8. The van der Waals surface area contributed by atoms with Crippen molar-refractivity contribution >= 4 is 43.3 Å². The first-order chi connectivity index (χ1) is 15.2. The van der Waals surface area contributed by atoms with E-state index < -0.39 is 15.8 Å². The van der Waals surface area contributed by atoms with Crippen molar-refractivity contribution < 1.29 is 27.5 Å². The normalized spacial score (nSPS) is 12.3. The Bertz CT molecular complexity index is 1300. The van der Waals surface area contributed by atoms with Crippen LogP contribution in [0.4, 0.5) is 0 Å². The van der Waals surface area contributed by atoms with Gasteiger partial charge in [-0.1, -0.05) is 23.5 Å². The number of rotatable bonds is 8. The van der Waals surface area contributed by atoms with Crippen molar-refractivity contribution in [2.75, 3.05) is 26.6 Å². The Balaban J connectivity index is 1.94. The Kier molecular flexibility index (Phi) is 7.60. The highest BCUT2D eigenvalue weighted by Gasteiger charge is 2.13. The molecule has 0 fully saturated rings. The third kappa shape index (κ3) is 5.70. The number of nitrogens with zero attached hydrogens (tertiary/aromatic N) is 2. The van der Waals surface area contributed by atoms with Gasteiger partial charge in [0.25, 0.3) is 5.91 Å². The second-order valence-electron chi connectivity index (χ2n) is 7.03. The molecule has 0 bridgehead atoms. The number of methoxy groups -OCH3 is 1. The molecule has 0 spiro atoms. The van der Waals surface area contributed by atoms with E-state index in [-0.39, 0.29) is 23.8 Å². The molecule has 1 aromatic heterocycles. The molecular formula is C22H24N2O6S2. The molecule has 1 heterocycles. The minimum atomic E-state index is -3.29. The van der Waals surface area contributed by atoms with Crippen LogP contribution in [0.5, 0.6) is 0 Å². The number of fused-ring (bicyclic) bond motifs is 1. The standard InChI is InChI=1S/C22H24N2O6S2/c1-4-30-21(26)16-7-10-18-19(14-16)31-22(24(18)11-12-29-2)23-20(25)13-15-5-8-17(9-6-15)32(3,27)28/h5-10,14H,4,11-13H2,1-3H3. The summed E-state index contributed by atoms with van der Waals surface area (Å²) in [5.41, 5.74) is 1.94. The largest absolute Gasteiger partial charge is 0.462 e. The maximum absolute atomic E-state index is 12.6. The molecule has 1 amide bonds. The van der Waals surface area contributed by atoms with Gasteiger partial charge < -0.3 is 14.0 Å². The van der Waals surface area contributed by atoms with Gasteiger partial charge in [-0.2, -0.15) is 4.99 Å². The van der Waals surface area contributed by atoms with Crippen LogP contribution < -0.4 is 4.80 Å². The molecule has 0 unspecified atom stereocenters. The zero-order valence-corrected chi connectivity index (χ0v) is 19.7. The van der Waals surface area contributed by atoms with E-state index in [0.717, 1.165) is 16.5 Å². The number of esters is 1. The smallest absolute Gasteiger partial charge is 0.338 e. The lowest BCUT2D eigenvalue weighted by molar-refractivity contribution is -0.117. The number of thiazole rings is 1. The Morgan fingerprint density at radius 2 is 1.84 bits per heavy atom. The molecule has 3 aromatic rings. The zero-order valence-electron chi connectivity index (χ0n) is 18.0. The molecule has 0 radical (unpaired) electrons. The SMILES string of the molecule is CCOC(=O)c1ccc2c(c1)sc(=NC(=O)Cc1ccc(S(C)(=O)=O)cc1)n2CCOC. The Morgan fingerprint density at radius 3 is 2.47 bits per heavy atom. The number of amides is 1. The lowest BCUT2D eigenvalue weighted by Crippen LogP contribution is -2.19. The van der Waals surface area contributed by atoms with Gasteiger partial charge in [0.05, 0.1) is 40.3 Å². The Hall–Kier alpha value is -2.82. The van der Waals surface area contributed by atoms with Crippen LogP contribution in [0, 0.1) is 0 Å². The molecule has 0 aliphatic carbocycles. The summed E-state index contributed by atoms with van der Waals surface area (Å²) in [6.07, 6.45) is 1.17. The van der Waals surface area contributed by atoms with Crippen LogP contribution in [0.2, 0.25) is 0 Å². The van der Waals surface area contributed by atoms with Crippen LogP contribution in [0.3, 0.4) is 0 Å². The van der Waals surface area contributed by atoms with Crippen molar-refractivity contribution in [1.29, 1.82) is 0 Å². The van der Waals surface area contributed by atoms with Gasteiger partial charge in [-0.05, 0) is 42.8 Å². The number of aromatic nitrogens is 1. The predicted molar refractivity (Wildman–Crippen MR) is 121 cm³/mol. The van der Waals surface area contributed by atoms with Crippen molar-refractivity contribution in [1.82, 2.24) is 4.57 Å². The van der Waals surface area contributed by atoms with Gasteiger partial charge in [0.15, 0.2) is 14.6 Å². The van der Waals surface area contributed by atoms with E-state index in [1.807, 2.05) is 4.57 Å². The van der Waals surface area contributed by atoms with Crippen molar-refractivity contribution in [3.63, 3.8) is 0 Å². The van der Waals surface area contributed by atoms with Crippen molar-refractivity contribution in [3.05, 3.63) is 58.4 Å². The number of benzene rings is 2. The molecular weight excluding hydrogens is 452 g/mol. The molecule has 10 heteroatoms. The average Bonchev–Trinajstić information content (AvgIpc) is 3.07.